The van der Waals surface area contributed by atoms with Crippen LogP contribution in [0.2, 0.25) is 0 Å². The highest BCUT2D eigenvalue weighted by Gasteiger charge is 2.10. The molecule has 0 saturated carbocycles. The number of amides is 1. The molecule has 1 amide bonds. The van der Waals surface area contributed by atoms with Gasteiger partial charge in [-0.2, -0.15) is 5.10 Å². The summed E-state index contributed by atoms with van der Waals surface area (Å²) < 4.78 is 9.07. The molecular weight excluding hydrogens is 501 g/mol. The molecule has 0 bridgehead atoms. The lowest BCUT2D eigenvalue weighted by Crippen LogP contribution is -2.24. The summed E-state index contributed by atoms with van der Waals surface area (Å²) in [6.45, 7) is 3.99. The van der Waals surface area contributed by atoms with Crippen LogP contribution >= 0.6 is 22.6 Å². The molecule has 6 heteroatoms. The van der Waals surface area contributed by atoms with Crippen molar-refractivity contribution in [1.82, 2.24) is 9.99 Å². The number of ether oxygens (including phenoxy) is 1. The predicted molar refractivity (Wildman–Crippen MR) is 133 cm³/mol. The first kappa shape index (κ1) is 21.1. The lowest BCUT2D eigenvalue weighted by molar-refractivity contribution is -0.123. The van der Waals surface area contributed by atoms with Crippen LogP contribution in [0.4, 0.5) is 0 Å². The van der Waals surface area contributed by atoms with Gasteiger partial charge in [0.1, 0.15) is 5.75 Å². The molecule has 0 aliphatic carbocycles. The smallest absolute Gasteiger partial charge is 0.277 e. The first-order valence-electron chi connectivity index (χ1n) is 9.90. The van der Waals surface area contributed by atoms with Crippen LogP contribution in [0, 0.1) is 17.4 Å². The summed E-state index contributed by atoms with van der Waals surface area (Å²) in [6, 6.07) is 24.1. The lowest BCUT2D eigenvalue weighted by atomic mass is 10.1. The summed E-state index contributed by atoms with van der Waals surface area (Å²) in [6.07, 6.45) is 1.67. The second kappa shape index (κ2) is 9.34. The number of aromatic nitrogens is 1. The van der Waals surface area contributed by atoms with Crippen molar-refractivity contribution in [2.24, 2.45) is 5.10 Å². The fourth-order valence-corrected chi connectivity index (χ4v) is 3.94. The molecule has 0 radical (unpaired) electrons. The third-order valence-electron chi connectivity index (χ3n) is 5.06. The first-order chi connectivity index (χ1) is 15.0. The monoisotopic (exact) mass is 523 g/mol. The average molecular weight is 523 g/mol. The number of rotatable bonds is 6. The van der Waals surface area contributed by atoms with Crippen molar-refractivity contribution < 1.29 is 9.53 Å². The molecule has 0 saturated heterocycles. The van der Waals surface area contributed by atoms with Crippen LogP contribution in [-0.2, 0) is 4.79 Å². The average Bonchev–Trinajstić information content (AvgIpc) is 3.06. The van der Waals surface area contributed by atoms with Crippen LogP contribution in [0.1, 0.15) is 17.0 Å². The molecule has 1 N–H and O–H groups in total. The van der Waals surface area contributed by atoms with Crippen molar-refractivity contribution in [3.8, 4) is 11.4 Å². The van der Waals surface area contributed by atoms with E-state index >= 15 is 0 Å². The molecule has 1 heterocycles. The SMILES string of the molecule is Cc1cc(/C=N/NC(=O)COc2cccc3ccccc23)c(C)n1-c1ccc(I)cc1. The molecule has 4 rings (SSSR count). The molecule has 1 aromatic heterocycles. The molecule has 31 heavy (non-hydrogen) atoms. The number of halogens is 1. The van der Waals surface area contributed by atoms with E-state index in [1.807, 2.05) is 49.4 Å². The van der Waals surface area contributed by atoms with Gasteiger partial charge in [-0.15, -0.1) is 0 Å². The van der Waals surface area contributed by atoms with Gasteiger partial charge in [-0.3, -0.25) is 4.79 Å². The minimum Gasteiger partial charge on any atom is -0.483 e. The van der Waals surface area contributed by atoms with Gasteiger partial charge in [0, 0.05) is 31.6 Å². The number of hydrazone groups is 1. The molecule has 0 fully saturated rings. The Kier molecular flexibility index (Phi) is 6.36. The molecule has 156 valence electrons. The van der Waals surface area contributed by atoms with Gasteiger partial charge in [0.25, 0.3) is 5.91 Å². The number of nitrogens with one attached hydrogen (secondary N) is 1. The number of fused-ring (bicyclic) bond motifs is 1. The zero-order valence-electron chi connectivity index (χ0n) is 17.3. The van der Waals surface area contributed by atoms with Gasteiger partial charge in [0.05, 0.1) is 6.21 Å². The standard InChI is InChI=1S/C25H22IN3O2/c1-17-14-20(18(2)29(17)22-12-10-21(26)11-13-22)15-27-28-25(30)16-31-24-9-5-7-19-6-3-4-8-23(19)24/h3-15H,16H2,1-2H3,(H,28,30)/b27-15+. The molecule has 5 nitrogen and oxygen atoms in total. The van der Waals surface area contributed by atoms with Crippen LogP contribution in [0.15, 0.2) is 77.9 Å². The van der Waals surface area contributed by atoms with Gasteiger partial charge in [0.2, 0.25) is 0 Å². The van der Waals surface area contributed by atoms with Gasteiger partial charge in [-0.1, -0.05) is 36.4 Å². The summed E-state index contributed by atoms with van der Waals surface area (Å²) in [5, 5.41) is 6.17. The summed E-state index contributed by atoms with van der Waals surface area (Å²) in [5.74, 6) is 0.369. The Morgan fingerprint density at radius 1 is 1.06 bits per heavy atom. The van der Waals surface area contributed by atoms with Crippen molar-refractivity contribution in [2.45, 2.75) is 13.8 Å². The van der Waals surface area contributed by atoms with Crippen LogP contribution in [-0.4, -0.2) is 23.3 Å². The van der Waals surface area contributed by atoms with Gasteiger partial charge >= 0.3 is 0 Å². The summed E-state index contributed by atoms with van der Waals surface area (Å²) in [4.78, 5) is 12.2. The summed E-state index contributed by atoms with van der Waals surface area (Å²) in [5.41, 5.74) is 6.76. The van der Waals surface area contributed by atoms with E-state index < -0.39 is 0 Å². The number of benzene rings is 3. The molecule has 0 aliphatic heterocycles. The van der Waals surface area contributed by atoms with E-state index in [4.69, 9.17) is 4.74 Å². The Morgan fingerprint density at radius 3 is 2.61 bits per heavy atom. The van der Waals surface area contributed by atoms with Crippen molar-refractivity contribution in [2.75, 3.05) is 6.61 Å². The Morgan fingerprint density at radius 2 is 1.81 bits per heavy atom. The van der Waals surface area contributed by atoms with Crippen LogP contribution < -0.4 is 10.2 Å². The zero-order chi connectivity index (χ0) is 21.8. The van der Waals surface area contributed by atoms with Crippen LogP contribution in [0.25, 0.3) is 16.5 Å². The lowest BCUT2D eigenvalue weighted by Gasteiger charge is -2.09. The molecular formula is C25H22IN3O2. The van der Waals surface area contributed by atoms with Gasteiger partial charge in [-0.25, -0.2) is 5.43 Å². The van der Waals surface area contributed by atoms with E-state index in [2.05, 4.69) is 74.9 Å². The quantitative estimate of drug-likeness (QED) is 0.210. The highest BCUT2D eigenvalue weighted by atomic mass is 127. The number of carbonyl (C=O) groups is 1. The van der Waals surface area contributed by atoms with Crippen LogP contribution in [0.3, 0.4) is 0 Å². The Balaban J connectivity index is 1.40. The minimum absolute atomic E-state index is 0.104. The predicted octanol–water partition coefficient (Wildman–Crippen LogP) is 5.38. The topological polar surface area (TPSA) is 55.6 Å². The van der Waals surface area contributed by atoms with E-state index in [9.17, 15) is 4.79 Å². The van der Waals surface area contributed by atoms with E-state index in [0.717, 1.165) is 33.4 Å². The summed E-state index contributed by atoms with van der Waals surface area (Å²) in [7, 11) is 0. The number of nitrogens with zero attached hydrogens (tertiary/aromatic N) is 2. The maximum absolute atomic E-state index is 12.2. The number of hydrogen-bond acceptors (Lipinski definition) is 3. The van der Waals surface area contributed by atoms with Crippen molar-refractivity contribution in [1.29, 1.82) is 0 Å². The number of hydrogen-bond donors (Lipinski definition) is 1. The first-order valence-corrected chi connectivity index (χ1v) is 11.0. The third kappa shape index (κ3) is 4.80. The Bertz CT molecular complexity index is 1250. The molecule has 0 aliphatic rings. The fraction of sp³-hybridized carbons (Fsp3) is 0.120. The maximum Gasteiger partial charge on any atom is 0.277 e. The number of aryl methyl sites for hydroxylation is 1. The normalized spacial score (nSPS) is 11.2. The molecule has 3 aromatic carbocycles. The second-order valence-electron chi connectivity index (χ2n) is 7.20. The molecule has 4 aromatic rings. The highest BCUT2D eigenvalue weighted by Crippen LogP contribution is 2.25. The van der Waals surface area contributed by atoms with Crippen molar-refractivity contribution in [3.05, 3.63) is 93.3 Å². The van der Waals surface area contributed by atoms with E-state index in [-0.39, 0.29) is 12.5 Å². The largest absolute Gasteiger partial charge is 0.483 e. The van der Waals surface area contributed by atoms with Crippen LogP contribution in [0.5, 0.6) is 5.75 Å². The summed E-state index contributed by atoms with van der Waals surface area (Å²) >= 11 is 2.30. The van der Waals surface area contributed by atoms with Gasteiger partial charge in [-0.05, 0) is 78.2 Å². The van der Waals surface area contributed by atoms with Gasteiger partial charge in [0.15, 0.2) is 6.61 Å². The molecule has 0 atom stereocenters. The van der Waals surface area contributed by atoms with Gasteiger partial charge < -0.3 is 9.30 Å². The number of carbonyl (C=O) groups excluding carboxylic acids is 1. The molecule has 0 unspecified atom stereocenters. The Hall–Kier alpha value is -3.13. The fourth-order valence-electron chi connectivity index (χ4n) is 3.58. The second-order valence-corrected chi connectivity index (χ2v) is 8.44. The van der Waals surface area contributed by atoms with Crippen molar-refractivity contribution >= 4 is 45.5 Å². The third-order valence-corrected chi connectivity index (χ3v) is 5.78. The van der Waals surface area contributed by atoms with E-state index in [0.29, 0.717) is 5.75 Å². The van der Waals surface area contributed by atoms with E-state index in [1.54, 1.807) is 6.21 Å². The highest BCUT2D eigenvalue weighted by molar-refractivity contribution is 14.1. The minimum atomic E-state index is -0.310. The Labute approximate surface area is 194 Å². The van der Waals surface area contributed by atoms with Crippen molar-refractivity contribution in [3.63, 3.8) is 0 Å². The van der Waals surface area contributed by atoms with E-state index in [1.165, 1.54) is 3.57 Å². The maximum atomic E-state index is 12.2. The molecule has 0 spiro atoms. The zero-order valence-corrected chi connectivity index (χ0v) is 19.5.